The molecule has 0 aliphatic carbocycles. The van der Waals surface area contributed by atoms with E-state index in [2.05, 4.69) is 19.6 Å². The summed E-state index contributed by atoms with van der Waals surface area (Å²) in [6.45, 7) is 4.18. The molecule has 0 aliphatic heterocycles. The predicted molar refractivity (Wildman–Crippen MR) is 89.2 cm³/mol. The average molecular weight is 310 g/mol. The van der Waals surface area contributed by atoms with Gasteiger partial charge in [0.25, 0.3) is 0 Å². The van der Waals surface area contributed by atoms with Gasteiger partial charge in [-0.2, -0.15) is 0 Å². The number of ether oxygens (including phenoxy) is 1. The van der Waals surface area contributed by atoms with Gasteiger partial charge in [-0.05, 0) is 30.9 Å². The van der Waals surface area contributed by atoms with E-state index in [0.717, 1.165) is 30.6 Å². The van der Waals surface area contributed by atoms with Crippen molar-refractivity contribution in [3.8, 4) is 5.75 Å². The van der Waals surface area contributed by atoms with Crippen molar-refractivity contribution in [2.45, 2.75) is 63.7 Å². The van der Waals surface area contributed by atoms with Crippen molar-refractivity contribution in [3.05, 3.63) is 29.8 Å². The molecule has 0 aliphatic rings. The van der Waals surface area contributed by atoms with Gasteiger partial charge in [0.2, 0.25) is 0 Å². The first-order valence-electron chi connectivity index (χ1n) is 7.72. The van der Waals surface area contributed by atoms with E-state index < -0.39 is 10.9 Å². The van der Waals surface area contributed by atoms with Gasteiger partial charge in [0.15, 0.2) is 4.93 Å². The van der Waals surface area contributed by atoms with E-state index >= 15 is 0 Å². The van der Waals surface area contributed by atoms with Crippen molar-refractivity contribution < 1.29 is 14.6 Å². The summed E-state index contributed by atoms with van der Waals surface area (Å²) >= 11 is 4.50. The molecular formula is C17H26O3S. The molecule has 0 amide bonds. The van der Waals surface area contributed by atoms with Gasteiger partial charge in [-0.3, -0.25) is 4.79 Å². The minimum Gasteiger partial charge on any atom is -0.481 e. The number of carbonyl (C=O) groups is 1. The SMILES string of the molecule is CCCCCc1ccccc1OC(S)(CCC)CC(=O)O. The van der Waals surface area contributed by atoms with Crippen molar-refractivity contribution in [2.24, 2.45) is 0 Å². The molecule has 4 heteroatoms. The van der Waals surface area contributed by atoms with Crippen LogP contribution in [0.4, 0.5) is 0 Å². The lowest BCUT2D eigenvalue weighted by Gasteiger charge is -2.29. The summed E-state index contributed by atoms with van der Waals surface area (Å²) in [4.78, 5) is 10.1. The highest BCUT2D eigenvalue weighted by Crippen LogP contribution is 2.32. The Kier molecular flexibility index (Phi) is 7.65. The molecule has 0 saturated heterocycles. The molecule has 1 aromatic rings. The molecule has 21 heavy (non-hydrogen) atoms. The average Bonchev–Trinajstić information content (AvgIpc) is 2.40. The molecule has 0 aromatic heterocycles. The molecule has 1 atom stereocenters. The summed E-state index contributed by atoms with van der Waals surface area (Å²) in [6, 6.07) is 7.86. The number of aliphatic carboxylic acids is 1. The van der Waals surface area contributed by atoms with Crippen molar-refractivity contribution in [2.75, 3.05) is 0 Å². The van der Waals surface area contributed by atoms with E-state index in [-0.39, 0.29) is 6.42 Å². The maximum absolute atomic E-state index is 11.0. The number of aryl methyl sites for hydroxylation is 1. The van der Waals surface area contributed by atoms with Crippen LogP contribution in [-0.2, 0) is 11.2 Å². The van der Waals surface area contributed by atoms with Crippen LogP contribution in [0.5, 0.6) is 5.75 Å². The third kappa shape index (κ3) is 6.42. The van der Waals surface area contributed by atoms with Crippen molar-refractivity contribution in [1.82, 2.24) is 0 Å². The number of carboxylic acids is 1. The van der Waals surface area contributed by atoms with E-state index in [1.807, 2.05) is 31.2 Å². The van der Waals surface area contributed by atoms with Gasteiger partial charge >= 0.3 is 5.97 Å². The molecule has 1 unspecified atom stereocenters. The Morgan fingerprint density at radius 2 is 1.95 bits per heavy atom. The number of rotatable bonds is 10. The Morgan fingerprint density at radius 1 is 1.24 bits per heavy atom. The summed E-state index contributed by atoms with van der Waals surface area (Å²) in [5, 5.41) is 9.07. The lowest BCUT2D eigenvalue weighted by molar-refractivity contribution is -0.139. The normalized spacial score (nSPS) is 13.7. The minimum absolute atomic E-state index is 0.104. The van der Waals surface area contributed by atoms with Crippen LogP contribution in [0.1, 0.15) is 57.9 Å². The topological polar surface area (TPSA) is 46.5 Å². The fourth-order valence-corrected chi connectivity index (χ4v) is 2.84. The highest BCUT2D eigenvalue weighted by atomic mass is 32.1. The molecular weight excluding hydrogens is 284 g/mol. The fraction of sp³-hybridized carbons (Fsp3) is 0.588. The summed E-state index contributed by atoms with van der Waals surface area (Å²) in [7, 11) is 0. The number of thiol groups is 1. The van der Waals surface area contributed by atoms with Gasteiger partial charge in [-0.25, -0.2) is 0 Å². The van der Waals surface area contributed by atoms with E-state index in [1.54, 1.807) is 0 Å². The second kappa shape index (κ2) is 8.98. The van der Waals surface area contributed by atoms with Crippen LogP contribution in [0.3, 0.4) is 0 Å². The van der Waals surface area contributed by atoms with Crippen LogP contribution >= 0.6 is 12.6 Å². The monoisotopic (exact) mass is 310 g/mol. The molecule has 0 fully saturated rings. The Hall–Kier alpha value is -1.16. The smallest absolute Gasteiger partial charge is 0.308 e. The third-order valence-electron chi connectivity index (χ3n) is 3.39. The number of hydrogen-bond donors (Lipinski definition) is 2. The highest BCUT2D eigenvalue weighted by molar-refractivity contribution is 7.81. The van der Waals surface area contributed by atoms with Crippen LogP contribution in [0.25, 0.3) is 0 Å². The second-order valence-electron chi connectivity index (χ2n) is 5.43. The molecule has 118 valence electrons. The first kappa shape index (κ1) is 17.9. The van der Waals surface area contributed by atoms with Gasteiger partial charge in [-0.1, -0.05) is 51.3 Å². The zero-order chi connectivity index (χ0) is 15.7. The van der Waals surface area contributed by atoms with Crippen molar-refractivity contribution in [1.29, 1.82) is 0 Å². The second-order valence-corrected chi connectivity index (χ2v) is 6.25. The van der Waals surface area contributed by atoms with Gasteiger partial charge in [0.05, 0.1) is 6.42 Å². The molecule has 0 bridgehead atoms. The van der Waals surface area contributed by atoms with Gasteiger partial charge in [0, 0.05) is 0 Å². The van der Waals surface area contributed by atoms with E-state index in [9.17, 15) is 4.79 Å². The molecule has 0 heterocycles. The molecule has 3 nitrogen and oxygen atoms in total. The highest BCUT2D eigenvalue weighted by Gasteiger charge is 2.30. The van der Waals surface area contributed by atoms with Gasteiger partial charge in [0.1, 0.15) is 5.75 Å². The summed E-state index contributed by atoms with van der Waals surface area (Å²) in [5.41, 5.74) is 1.13. The first-order chi connectivity index (χ1) is 10.0. The van der Waals surface area contributed by atoms with E-state index in [0.29, 0.717) is 6.42 Å². The largest absolute Gasteiger partial charge is 0.481 e. The molecule has 0 saturated carbocycles. The maximum Gasteiger partial charge on any atom is 0.308 e. The summed E-state index contributed by atoms with van der Waals surface area (Å²) < 4.78 is 6.00. The van der Waals surface area contributed by atoms with Crippen LogP contribution < -0.4 is 4.74 Å². The third-order valence-corrected chi connectivity index (χ3v) is 3.86. The Bertz CT molecular complexity index is 447. The number of unbranched alkanes of at least 4 members (excludes halogenated alkanes) is 2. The van der Waals surface area contributed by atoms with Crippen molar-refractivity contribution >= 4 is 18.6 Å². The molecule has 0 spiro atoms. The first-order valence-corrected chi connectivity index (χ1v) is 8.16. The van der Waals surface area contributed by atoms with E-state index in [4.69, 9.17) is 9.84 Å². The fourth-order valence-electron chi connectivity index (χ4n) is 2.38. The zero-order valence-corrected chi connectivity index (χ0v) is 13.9. The predicted octanol–water partition coefficient (Wildman–Crippen LogP) is 4.70. The van der Waals surface area contributed by atoms with Crippen LogP contribution in [0.15, 0.2) is 24.3 Å². The quantitative estimate of drug-likeness (QED) is 0.374. The van der Waals surface area contributed by atoms with Gasteiger partial charge < -0.3 is 9.84 Å². The molecule has 1 N–H and O–H groups in total. The standard InChI is InChI=1S/C17H26O3S/c1-3-5-6-9-14-10-7-8-11-15(14)20-17(21,12-4-2)13-16(18)19/h7-8,10-11,21H,3-6,9,12-13H2,1-2H3,(H,18,19). The number of carboxylic acid groups (broad SMARTS) is 1. The number of benzene rings is 1. The van der Waals surface area contributed by atoms with Crippen LogP contribution in [0.2, 0.25) is 0 Å². The molecule has 1 rings (SSSR count). The maximum atomic E-state index is 11.0. The Morgan fingerprint density at radius 3 is 2.57 bits per heavy atom. The number of para-hydroxylation sites is 1. The lowest BCUT2D eigenvalue weighted by atomic mass is 10.1. The molecule has 0 radical (unpaired) electrons. The Labute approximate surface area is 133 Å². The van der Waals surface area contributed by atoms with E-state index in [1.165, 1.54) is 12.8 Å². The van der Waals surface area contributed by atoms with Crippen molar-refractivity contribution in [3.63, 3.8) is 0 Å². The molecule has 1 aromatic carbocycles. The van der Waals surface area contributed by atoms with Crippen LogP contribution in [0, 0.1) is 0 Å². The summed E-state index contributed by atoms with van der Waals surface area (Å²) in [6.07, 6.45) is 5.75. The Balaban J connectivity index is 2.85. The van der Waals surface area contributed by atoms with Gasteiger partial charge in [-0.15, -0.1) is 12.6 Å². The van der Waals surface area contributed by atoms with Crippen LogP contribution in [-0.4, -0.2) is 16.0 Å². The number of hydrogen-bond acceptors (Lipinski definition) is 3. The lowest BCUT2D eigenvalue weighted by Crippen LogP contribution is -2.32. The zero-order valence-electron chi connectivity index (χ0n) is 13.0. The minimum atomic E-state index is -0.943. The summed E-state index contributed by atoms with van der Waals surface area (Å²) in [5.74, 6) is -0.125.